The highest BCUT2D eigenvalue weighted by molar-refractivity contribution is 5.85. The number of nitrogens with one attached hydrogen (secondary N) is 2. The molecule has 5 heteroatoms. The van der Waals surface area contributed by atoms with Crippen LogP contribution in [0.5, 0.6) is 5.75 Å². The van der Waals surface area contributed by atoms with Gasteiger partial charge in [-0.3, -0.25) is 9.59 Å². The van der Waals surface area contributed by atoms with Crippen molar-refractivity contribution >= 4 is 11.8 Å². The monoisotopic (exact) mass is 374 g/mol. The molecular weight excluding hydrogens is 352 g/mol. The molecule has 142 valence electrons. The third-order valence-electron chi connectivity index (χ3n) is 4.13. The van der Waals surface area contributed by atoms with Gasteiger partial charge in [-0.2, -0.15) is 0 Å². The van der Waals surface area contributed by atoms with Gasteiger partial charge < -0.3 is 15.4 Å². The Morgan fingerprint density at radius 2 is 1.21 bits per heavy atom. The molecule has 0 atom stereocenters. The van der Waals surface area contributed by atoms with E-state index in [-0.39, 0.29) is 31.0 Å². The SMILES string of the molecule is O=C(COc1ccccc1)NCC(=O)NC(c1ccccc1)c1ccccc1. The molecule has 0 saturated heterocycles. The molecule has 3 rings (SSSR count). The maximum Gasteiger partial charge on any atom is 0.258 e. The summed E-state index contributed by atoms with van der Waals surface area (Å²) in [5.74, 6) is -0.0175. The maximum atomic E-state index is 12.4. The Balaban J connectivity index is 1.54. The molecular formula is C23H22N2O3. The molecule has 3 aromatic rings. The normalized spacial score (nSPS) is 10.3. The van der Waals surface area contributed by atoms with E-state index < -0.39 is 0 Å². The van der Waals surface area contributed by atoms with Crippen molar-refractivity contribution in [2.45, 2.75) is 6.04 Å². The Morgan fingerprint density at radius 1 is 0.714 bits per heavy atom. The first kappa shape index (κ1) is 19.2. The number of amides is 2. The second-order valence-corrected chi connectivity index (χ2v) is 6.20. The van der Waals surface area contributed by atoms with Crippen LogP contribution in [0.2, 0.25) is 0 Å². The second kappa shape index (κ2) is 9.92. The average molecular weight is 374 g/mol. The van der Waals surface area contributed by atoms with Gasteiger partial charge in [0, 0.05) is 0 Å². The summed E-state index contributed by atoms with van der Waals surface area (Å²) < 4.78 is 5.38. The van der Waals surface area contributed by atoms with E-state index in [9.17, 15) is 9.59 Å². The topological polar surface area (TPSA) is 67.4 Å². The van der Waals surface area contributed by atoms with Gasteiger partial charge in [-0.25, -0.2) is 0 Å². The van der Waals surface area contributed by atoms with Gasteiger partial charge >= 0.3 is 0 Å². The van der Waals surface area contributed by atoms with E-state index in [2.05, 4.69) is 10.6 Å². The number of hydrogen-bond acceptors (Lipinski definition) is 3. The number of carbonyl (C=O) groups excluding carboxylic acids is 2. The minimum absolute atomic E-state index is 0.118. The zero-order chi connectivity index (χ0) is 19.6. The Morgan fingerprint density at radius 3 is 1.75 bits per heavy atom. The highest BCUT2D eigenvalue weighted by Gasteiger charge is 2.17. The first-order chi connectivity index (χ1) is 13.7. The Bertz CT molecular complexity index is 844. The molecule has 0 aliphatic carbocycles. The van der Waals surface area contributed by atoms with Gasteiger partial charge in [0.1, 0.15) is 5.75 Å². The lowest BCUT2D eigenvalue weighted by Gasteiger charge is -2.20. The predicted octanol–water partition coefficient (Wildman–Crippen LogP) is 3.09. The van der Waals surface area contributed by atoms with Crippen molar-refractivity contribution in [3.63, 3.8) is 0 Å². The summed E-state index contributed by atoms with van der Waals surface area (Å²) in [5, 5.41) is 5.57. The molecule has 0 saturated carbocycles. The molecule has 0 spiro atoms. The van der Waals surface area contributed by atoms with Crippen molar-refractivity contribution in [3.8, 4) is 5.75 Å². The van der Waals surface area contributed by atoms with Crippen LogP contribution >= 0.6 is 0 Å². The molecule has 0 fully saturated rings. The quantitative estimate of drug-likeness (QED) is 0.637. The number of para-hydroxylation sites is 1. The highest BCUT2D eigenvalue weighted by atomic mass is 16.5. The van der Waals surface area contributed by atoms with Gasteiger partial charge in [0.15, 0.2) is 6.61 Å². The van der Waals surface area contributed by atoms with Crippen molar-refractivity contribution in [2.24, 2.45) is 0 Å². The molecule has 0 radical (unpaired) electrons. The van der Waals surface area contributed by atoms with E-state index >= 15 is 0 Å². The Labute approximate surface area is 164 Å². The molecule has 0 bridgehead atoms. The van der Waals surface area contributed by atoms with Crippen LogP contribution in [-0.2, 0) is 9.59 Å². The van der Waals surface area contributed by atoms with Crippen LogP contribution in [0.4, 0.5) is 0 Å². The Kier molecular flexibility index (Phi) is 6.79. The largest absolute Gasteiger partial charge is 0.484 e. The standard InChI is InChI=1S/C23H22N2O3/c26-21(16-24-22(27)17-28-20-14-8-3-9-15-20)25-23(18-10-4-1-5-11-18)19-12-6-2-7-13-19/h1-15,23H,16-17H2,(H,24,27)(H,25,26). The minimum atomic E-state index is -0.352. The lowest BCUT2D eigenvalue weighted by molar-refractivity contribution is -0.127. The fourth-order valence-corrected chi connectivity index (χ4v) is 2.76. The lowest BCUT2D eigenvalue weighted by atomic mass is 9.99. The fraction of sp³-hybridized carbons (Fsp3) is 0.130. The van der Waals surface area contributed by atoms with Gasteiger partial charge in [-0.15, -0.1) is 0 Å². The van der Waals surface area contributed by atoms with Gasteiger partial charge in [0.2, 0.25) is 5.91 Å². The van der Waals surface area contributed by atoms with Crippen molar-refractivity contribution in [1.29, 1.82) is 0 Å². The summed E-state index contributed by atoms with van der Waals surface area (Å²) in [7, 11) is 0. The van der Waals surface area contributed by atoms with Crippen LogP contribution in [-0.4, -0.2) is 25.0 Å². The number of ether oxygens (including phenoxy) is 1. The van der Waals surface area contributed by atoms with Gasteiger partial charge in [-0.05, 0) is 23.3 Å². The van der Waals surface area contributed by atoms with Crippen LogP contribution in [0.25, 0.3) is 0 Å². The summed E-state index contributed by atoms with van der Waals surface area (Å²) in [6.07, 6.45) is 0. The number of rotatable bonds is 8. The third kappa shape index (κ3) is 5.71. The first-order valence-corrected chi connectivity index (χ1v) is 9.06. The lowest BCUT2D eigenvalue weighted by Crippen LogP contribution is -2.40. The molecule has 3 aromatic carbocycles. The molecule has 0 heterocycles. The van der Waals surface area contributed by atoms with Crippen molar-refractivity contribution in [3.05, 3.63) is 102 Å². The summed E-state index contributed by atoms with van der Waals surface area (Å²) in [6, 6.07) is 28.2. The highest BCUT2D eigenvalue weighted by Crippen LogP contribution is 2.21. The van der Waals surface area contributed by atoms with Crippen LogP contribution < -0.4 is 15.4 Å². The number of carbonyl (C=O) groups is 2. The van der Waals surface area contributed by atoms with Crippen molar-refractivity contribution < 1.29 is 14.3 Å². The van der Waals surface area contributed by atoms with Crippen molar-refractivity contribution in [1.82, 2.24) is 10.6 Å². The second-order valence-electron chi connectivity index (χ2n) is 6.20. The van der Waals surface area contributed by atoms with E-state index in [1.165, 1.54) is 0 Å². The van der Waals surface area contributed by atoms with Gasteiger partial charge in [0.25, 0.3) is 5.91 Å². The van der Waals surface area contributed by atoms with E-state index in [0.29, 0.717) is 5.75 Å². The number of hydrogen-bond donors (Lipinski definition) is 2. The summed E-state index contributed by atoms with van der Waals surface area (Å²) >= 11 is 0. The van der Waals surface area contributed by atoms with Crippen LogP contribution in [0.15, 0.2) is 91.0 Å². The van der Waals surface area contributed by atoms with Crippen LogP contribution in [0.3, 0.4) is 0 Å². The smallest absolute Gasteiger partial charge is 0.258 e. The molecule has 5 nitrogen and oxygen atoms in total. The predicted molar refractivity (Wildman–Crippen MR) is 108 cm³/mol. The van der Waals surface area contributed by atoms with E-state index in [4.69, 9.17) is 4.74 Å². The van der Waals surface area contributed by atoms with Gasteiger partial charge in [-0.1, -0.05) is 78.9 Å². The fourth-order valence-electron chi connectivity index (χ4n) is 2.76. The molecule has 28 heavy (non-hydrogen) atoms. The van der Waals surface area contributed by atoms with E-state index in [1.807, 2.05) is 78.9 Å². The minimum Gasteiger partial charge on any atom is -0.484 e. The van der Waals surface area contributed by atoms with Gasteiger partial charge in [0.05, 0.1) is 12.6 Å². The molecule has 0 aliphatic rings. The molecule has 2 N–H and O–H groups in total. The van der Waals surface area contributed by atoms with E-state index in [0.717, 1.165) is 11.1 Å². The average Bonchev–Trinajstić information content (AvgIpc) is 2.76. The molecule has 2 amide bonds. The molecule has 0 aromatic heterocycles. The Hall–Kier alpha value is -3.60. The third-order valence-corrected chi connectivity index (χ3v) is 4.13. The molecule has 0 unspecified atom stereocenters. The maximum absolute atomic E-state index is 12.4. The summed E-state index contributed by atoms with van der Waals surface area (Å²) in [6.45, 7) is -0.259. The summed E-state index contributed by atoms with van der Waals surface area (Å²) in [5.41, 5.74) is 1.95. The molecule has 0 aliphatic heterocycles. The van der Waals surface area contributed by atoms with Crippen LogP contribution in [0, 0.1) is 0 Å². The number of benzene rings is 3. The summed E-state index contributed by atoms with van der Waals surface area (Å²) in [4.78, 5) is 24.3. The van der Waals surface area contributed by atoms with Crippen LogP contribution in [0.1, 0.15) is 17.2 Å². The first-order valence-electron chi connectivity index (χ1n) is 9.06. The zero-order valence-corrected chi connectivity index (χ0v) is 15.4. The zero-order valence-electron chi connectivity index (χ0n) is 15.4. The van der Waals surface area contributed by atoms with E-state index in [1.54, 1.807) is 12.1 Å². The van der Waals surface area contributed by atoms with Crippen molar-refractivity contribution in [2.75, 3.05) is 13.2 Å².